The largest absolute Gasteiger partial charge is 0.493 e. The Bertz CT molecular complexity index is 813. The van der Waals surface area contributed by atoms with E-state index < -0.39 is 0 Å². The van der Waals surface area contributed by atoms with E-state index in [2.05, 4.69) is 0 Å². The van der Waals surface area contributed by atoms with Crippen molar-refractivity contribution >= 4 is 23.2 Å². The standard InChI is InChI=1S/C23H28N2O3S/c26-22(24-12-2-1-3-13-24)19-8-10-20(11-9-19)28-17-18-6-4-14-25(16-18)23(27)21-7-5-15-29-21/h5,7-11,15,18H,1-4,6,12-14,16-17H2. The molecule has 154 valence electrons. The Hall–Kier alpha value is -2.34. The molecule has 5 nitrogen and oxygen atoms in total. The molecule has 4 rings (SSSR count). The van der Waals surface area contributed by atoms with Crippen molar-refractivity contribution in [3.63, 3.8) is 0 Å². The summed E-state index contributed by atoms with van der Waals surface area (Å²) in [6.45, 7) is 3.87. The second-order valence-corrected chi connectivity index (χ2v) is 8.87. The van der Waals surface area contributed by atoms with Crippen LogP contribution >= 0.6 is 11.3 Å². The monoisotopic (exact) mass is 412 g/mol. The van der Waals surface area contributed by atoms with Gasteiger partial charge in [0.2, 0.25) is 0 Å². The van der Waals surface area contributed by atoms with Crippen LogP contribution < -0.4 is 4.74 Å². The topological polar surface area (TPSA) is 49.9 Å². The molecule has 2 amide bonds. The summed E-state index contributed by atoms with van der Waals surface area (Å²) in [5.74, 6) is 1.36. The maximum Gasteiger partial charge on any atom is 0.263 e. The highest BCUT2D eigenvalue weighted by Gasteiger charge is 2.25. The Morgan fingerprint density at radius 2 is 1.69 bits per heavy atom. The zero-order chi connectivity index (χ0) is 20.1. The zero-order valence-electron chi connectivity index (χ0n) is 16.7. The van der Waals surface area contributed by atoms with Gasteiger partial charge >= 0.3 is 0 Å². The Kier molecular flexibility index (Phi) is 6.49. The Morgan fingerprint density at radius 3 is 2.41 bits per heavy atom. The lowest BCUT2D eigenvalue weighted by Crippen LogP contribution is -2.41. The molecule has 1 aromatic carbocycles. The molecule has 0 aliphatic carbocycles. The molecule has 1 aromatic heterocycles. The first-order valence-electron chi connectivity index (χ1n) is 10.6. The molecule has 3 heterocycles. The lowest BCUT2D eigenvalue weighted by Gasteiger charge is -2.32. The van der Waals surface area contributed by atoms with Gasteiger partial charge in [0.1, 0.15) is 5.75 Å². The molecule has 29 heavy (non-hydrogen) atoms. The third-order valence-corrected chi connectivity index (χ3v) is 6.63. The molecular weight excluding hydrogens is 384 g/mol. The van der Waals surface area contributed by atoms with E-state index in [1.165, 1.54) is 17.8 Å². The van der Waals surface area contributed by atoms with Crippen LogP contribution in [0.15, 0.2) is 41.8 Å². The molecule has 1 unspecified atom stereocenters. The van der Waals surface area contributed by atoms with Gasteiger partial charge in [0, 0.05) is 37.7 Å². The van der Waals surface area contributed by atoms with Gasteiger partial charge in [-0.3, -0.25) is 9.59 Å². The molecule has 2 aromatic rings. The maximum absolute atomic E-state index is 12.6. The number of likely N-dealkylation sites (tertiary alicyclic amines) is 2. The zero-order valence-corrected chi connectivity index (χ0v) is 17.5. The number of nitrogens with zero attached hydrogens (tertiary/aromatic N) is 2. The molecule has 0 radical (unpaired) electrons. The molecule has 2 aliphatic heterocycles. The number of carbonyl (C=O) groups is 2. The third-order valence-electron chi connectivity index (χ3n) is 5.77. The quantitative estimate of drug-likeness (QED) is 0.735. The summed E-state index contributed by atoms with van der Waals surface area (Å²) >= 11 is 1.50. The molecule has 2 saturated heterocycles. The molecule has 0 spiro atoms. The smallest absolute Gasteiger partial charge is 0.263 e. The van der Waals surface area contributed by atoms with Crippen molar-refractivity contribution in [3.8, 4) is 5.75 Å². The fraction of sp³-hybridized carbons (Fsp3) is 0.478. The summed E-state index contributed by atoms with van der Waals surface area (Å²) in [7, 11) is 0. The number of hydrogen-bond acceptors (Lipinski definition) is 4. The third kappa shape index (κ3) is 4.99. The van der Waals surface area contributed by atoms with E-state index in [4.69, 9.17) is 4.74 Å². The van der Waals surface area contributed by atoms with E-state index in [1.54, 1.807) is 0 Å². The highest BCUT2D eigenvalue weighted by molar-refractivity contribution is 7.12. The fourth-order valence-corrected chi connectivity index (χ4v) is 4.82. The van der Waals surface area contributed by atoms with E-state index in [0.29, 0.717) is 12.5 Å². The van der Waals surface area contributed by atoms with Crippen LogP contribution in [-0.2, 0) is 0 Å². The predicted molar refractivity (Wildman–Crippen MR) is 115 cm³/mol. The number of amides is 2. The van der Waals surface area contributed by atoms with Crippen LogP contribution in [0.3, 0.4) is 0 Å². The van der Waals surface area contributed by atoms with Crippen molar-refractivity contribution in [1.29, 1.82) is 0 Å². The first kappa shape index (κ1) is 20.0. The van der Waals surface area contributed by atoms with E-state index >= 15 is 0 Å². The predicted octanol–water partition coefficient (Wildman–Crippen LogP) is 4.31. The van der Waals surface area contributed by atoms with Crippen LogP contribution in [0.4, 0.5) is 0 Å². The van der Waals surface area contributed by atoms with Gasteiger partial charge in [0.25, 0.3) is 11.8 Å². The van der Waals surface area contributed by atoms with Crippen LogP contribution in [-0.4, -0.2) is 54.4 Å². The molecule has 0 saturated carbocycles. The molecule has 0 bridgehead atoms. The number of rotatable bonds is 5. The molecule has 2 aliphatic rings. The summed E-state index contributed by atoms with van der Waals surface area (Å²) in [6, 6.07) is 11.3. The van der Waals surface area contributed by atoms with Crippen LogP contribution in [0.2, 0.25) is 0 Å². The summed E-state index contributed by atoms with van der Waals surface area (Å²) < 4.78 is 5.98. The van der Waals surface area contributed by atoms with Crippen LogP contribution in [0.1, 0.15) is 52.1 Å². The molecular formula is C23H28N2O3S. The number of piperidine rings is 2. The Balaban J connectivity index is 1.28. The van der Waals surface area contributed by atoms with E-state index in [1.807, 2.05) is 51.6 Å². The van der Waals surface area contributed by atoms with Gasteiger partial charge < -0.3 is 14.5 Å². The van der Waals surface area contributed by atoms with Crippen LogP contribution in [0.5, 0.6) is 5.75 Å². The van der Waals surface area contributed by atoms with Crippen molar-refractivity contribution in [2.45, 2.75) is 32.1 Å². The van der Waals surface area contributed by atoms with Crippen molar-refractivity contribution in [1.82, 2.24) is 9.80 Å². The lowest BCUT2D eigenvalue weighted by atomic mass is 9.99. The summed E-state index contributed by atoms with van der Waals surface area (Å²) in [5, 5.41) is 1.94. The SMILES string of the molecule is O=C(c1ccc(OCC2CCCN(C(=O)c3cccs3)C2)cc1)N1CCCCC1. The van der Waals surface area contributed by atoms with Gasteiger partial charge in [-0.15, -0.1) is 11.3 Å². The molecule has 1 atom stereocenters. The van der Waals surface area contributed by atoms with E-state index in [-0.39, 0.29) is 11.8 Å². The average Bonchev–Trinajstić information content (AvgIpc) is 3.33. The second-order valence-electron chi connectivity index (χ2n) is 7.92. The highest BCUT2D eigenvalue weighted by atomic mass is 32.1. The lowest BCUT2D eigenvalue weighted by molar-refractivity contribution is 0.0638. The van der Waals surface area contributed by atoms with Gasteiger partial charge in [-0.1, -0.05) is 6.07 Å². The Morgan fingerprint density at radius 1 is 0.931 bits per heavy atom. The Labute approximate surface area is 176 Å². The van der Waals surface area contributed by atoms with Gasteiger partial charge in [0.15, 0.2) is 0 Å². The minimum absolute atomic E-state index is 0.117. The molecule has 0 N–H and O–H groups in total. The highest BCUT2D eigenvalue weighted by Crippen LogP contribution is 2.22. The number of thiophene rings is 1. The van der Waals surface area contributed by atoms with Gasteiger partial charge in [-0.2, -0.15) is 0 Å². The number of benzene rings is 1. The minimum Gasteiger partial charge on any atom is -0.493 e. The van der Waals surface area contributed by atoms with Crippen molar-refractivity contribution in [3.05, 3.63) is 52.2 Å². The first-order valence-corrected chi connectivity index (χ1v) is 11.4. The second kappa shape index (κ2) is 9.44. The van der Waals surface area contributed by atoms with Gasteiger partial charge in [-0.05, 0) is 67.8 Å². The van der Waals surface area contributed by atoms with Crippen LogP contribution in [0.25, 0.3) is 0 Å². The summed E-state index contributed by atoms with van der Waals surface area (Å²) in [5.41, 5.74) is 0.727. The van der Waals surface area contributed by atoms with Crippen molar-refractivity contribution < 1.29 is 14.3 Å². The van der Waals surface area contributed by atoms with Gasteiger partial charge in [0.05, 0.1) is 11.5 Å². The fourth-order valence-electron chi connectivity index (χ4n) is 4.13. The molecule has 6 heteroatoms. The van der Waals surface area contributed by atoms with Crippen molar-refractivity contribution in [2.24, 2.45) is 5.92 Å². The average molecular weight is 413 g/mol. The van der Waals surface area contributed by atoms with Crippen molar-refractivity contribution in [2.75, 3.05) is 32.8 Å². The number of carbonyl (C=O) groups excluding carboxylic acids is 2. The summed E-state index contributed by atoms with van der Waals surface area (Å²) in [6.07, 6.45) is 5.49. The normalized spacial score (nSPS) is 19.8. The summed E-state index contributed by atoms with van der Waals surface area (Å²) in [4.78, 5) is 29.8. The maximum atomic E-state index is 12.6. The van der Waals surface area contributed by atoms with E-state index in [0.717, 1.165) is 68.1 Å². The van der Waals surface area contributed by atoms with Crippen LogP contribution in [0, 0.1) is 5.92 Å². The first-order chi connectivity index (χ1) is 14.2. The molecule has 2 fully saturated rings. The van der Waals surface area contributed by atoms with E-state index in [9.17, 15) is 9.59 Å². The minimum atomic E-state index is 0.117. The number of ether oxygens (including phenoxy) is 1. The van der Waals surface area contributed by atoms with Gasteiger partial charge in [-0.25, -0.2) is 0 Å². The number of hydrogen-bond donors (Lipinski definition) is 0.